The van der Waals surface area contributed by atoms with Gasteiger partial charge in [-0.25, -0.2) is 4.79 Å². The van der Waals surface area contributed by atoms with Crippen LogP contribution in [0.25, 0.3) is 0 Å². The van der Waals surface area contributed by atoms with E-state index in [-0.39, 0.29) is 5.97 Å². The van der Waals surface area contributed by atoms with E-state index in [1.54, 1.807) is 50.6 Å². The van der Waals surface area contributed by atoms with Crippen molar-refractivity contribution < 1.29 is 19.0 Å². The van der Waals surface area contributed by atoms with Gasteiger partial charge in [0.2, 0.25) is 0 Å². The van der Waals surface area contributed by atoms with Gasteiger partial charge in [-0.15, -0.1) is 0 Å². The highest BCUT2D eigenvalue weighted by molar-refractivity contribution is 7.80. The van der Waals surface area contributed by atoms with E-state index in [1.807, 2.05) is 6.07 Å². The number of ether oxygens (including phenoxy) is 3. The second kappa shape index (κ2) is 8.16. The molecule has 2 aromatic carbocycles. The molecule has 0 aliphatic heterocycles. The maximum Gasteiger partial charge on any atom is 0.337 e. The van der Waals surface area contributed by atoms with Crippen molar-refractivity contribution in [3.63, 3.8) is 0 Å². The van der Waals surface area contributed by atoms with Gasteiger partial charge in [0, 0.05) is 11.8 Å². The highest BCUT2D eigenvalue weighted by atomic mass is 32.1. The SMILES string of the molecule is COC(=O)c1ccc(NC(=S)Nc2ccc(OC)cc2OC)cc1. The summed E-state index contributed by atoms with van der Waals surface area (Å²) in [6.45, 7) is 0. The number of methoxy groups -OCH3 is 3. The second-order valence-corrected chi connectivity index (χ2v) is 5.12. The molecule has 0 bridgehead atoms. The Kier molecular flexibility index (Phi) is 5.97. The Morgan fingerprint density at radius 2 is 1.67 bits per heavy atom. The molecular formula is C17H18N2O4S. The summed E-state index contributed by atoms with van der Waals surface area (Å²) >= 11 is 5.29. The average molecular weight is 346 g/mol. The summed E-state index contributed by atoms with van der Waals surface area (Å²) in [4.78, 5) is 11.4. The molecule has 0 fully saturated rings. The van der Waals surface area contributed by atoms with Gasteiger partial charge in [0.1, 0.15) is 11.5 Å². The monoisotopic (exact) mass is 346 g/mol. The van der Waals surface area contributed by atoms with Gasteiger partial charge in [0.05, 0.1) is 32.6 Å². The van der Waals surface area contributed by atoms with Crippen molar-refractivity contribution in [1.82, 2.24) is 0 Å². The molecule has 0 saturated heterocycles. The topological polar surface area (TPSA) is 68.8 Å². The molecule has 7 heteroatoms. The third-order valence-electron chi connectivity index (χ3n) is 3.22. The predicted octanol–water partition coefficient (Wildman–Crippen LogP) is 3.30. The Morgan fingerprint density at radius 1 is 0.958 bits per heavy atom. The smallest absolute Gasteiger partial charge is 0.337 e. The van der Waals surface area contributed by atoms with Crippen LogP contribution in [-0.2, 0) is 4.74 Å². The Bertz CT molecular complexity index is 732. The van der Waals surface area contributed by atoms with Gasteiger partial charge in [0.25, 0.3) is 0 Å². The van der Waals surface area contributed by atoms with Gasteiger partial charge < -0.3 is 24.8 Å². The van der Waals surface area contributed by atoms with Crippen LogP contribution in [0, 0.1) is 0 Å². The summed E-state index contributed by atoms with van der Waals surface area (Å²) in [6, 6.07) is 12.2. The summed E-state index contributed by atoms with van der Waals surface area (Å²) < 4.78 is 15.1. The molecule has 0 spiro atoms. The third kappa shape index (κ3) is 4.36. The van der Waals surface area contributed by atoms with Crippen LogP contribution in [-0.4, -0.2) is 32.4 Å². The maximum absolute atomic E-state index is 11.4. The van der Waals surface area contributed by atoms with Gasteiger partial charge in [-0.05, 0) is 48.6 Å². The molecule has 0 unspecified atom stereocenters. The molecule has 24 heavy (non-hydrogen) atoms. The molecule has 0 aromatic heterocycles. The first-order valence-electron chi connectivity index (χ1n) is 7.05. The largest absolute Gasteiger partial charge is 0.497 e. The highest BCUT2D eigenvalue weighted by Gasteiger charge is 2.08. The van der Waals surface area contributed by atoms with E-state index in [0.29, 0.717) is 27.9 Å². The van der Waals surface area contributed by atoms with E-state index < -0.39 is 0 Å². The minimum Gasteiger partial charge on any atom is -0.497 e. The summed E-state index contributed by atoms with van der Waals surface area (Å²) in [5, 5.41) is 6.49. The number of anilines is 2. The van der Waals surface area contributed by atoms with Crippen molar-refractivity contribution in [1.29, 1.82) is 0 Å². The number of hydrogen-bond donors (Lipinski definition) is 2. The minimum atomic E-state index is -0.384. The molecule has 0 heterocycles. The molecule has 2 N–H and O–H groups in total. The molecule has 0 amide bonds. The van der Waals surface area contributed by atoms with E-state index in [1.165, 1.54) is 7.11 Å². The third-order valence-corrected chi connectivity index (χ3v) is 3.42. The zero-order valence-electron chi connectivity index (χ0n) is 13.6. The Labute approximate surface area is 145 Å². The lowest BCUT2D eigenvalue weighted by molar-refractivity contribution is 0.0601. The van der Waals surface area contributed by atoms with Crippen LogP contribution in [0.5, 0.6) is 11.5 Å². The van der Waals surface area contributed by atoms with Crippen LogP contribution >= 0.6 is 12.2 Å². The molecule has 0 atom stereocenters. The van der Waals surface area contributed by atoms with Crippen LogP contribution in [0.3, 0.4) is 0 Å². The van der Waals surface area contributed by atoms with Crippen LogP contribution in [0.4, 0.5) is 11.4 Å². The number of nitrogens with one attached hydrogen (secondary N) is 2. The van der Waals surface area contributed by atoms with Crippen molar-refractivity contribution in [2.45, 2.75) is 0 Å². The molecule has 2 aromatic rings. The first kappa shape index (κ1) is 17.6. The number of rotatable bonds is 5. The van der Waals surface area contributed by atoms with Crippen molar-refractivity contribution in [2.75, 3.05) is 32.0 Å². The minimum absolute atomic E-state index is 0.384. The number of carbonyl (C=O) groups is 1. The maximum atomic E-state index is 11.4. The molecule has 2 rings (SSSR count). The van der Waals surface area contributed by atoms with Crippen molar-refractivity contribution in [2.24, 2.45) is 0 Å². The summed E-state index contributed by atoms with van der Waals surface area (Å²) in [5.74, 6) is 0.916. The first-order chi connectivity index (χ1) is 11.6. The number of thiocarbonyl (C=S) groups is 1. The average Bonchev–Trinajstić information content (AvgIpc) is 2.61. The lowest BCUT2D eigenvalue weighted by Crippen LogP contribution is -2.19. The molecule has 6 nitrogen and oxygen atoms in total. The molecule has 0 aliphatic carbocycles. The first-order valence-corrected chi connectivity index (χ1v) is 7.46. The molecule has 126 valence electrons. The van der Waals surface area contributed by atoms with Gasteiger partial charge in [0.15, 0.2) is 5.11 Å². The fourth-order valence-electron chi connectivity index (χ4n) is 1.99. The normalized spacial score (nSPS) is 9.79. The number of hydrogen-bond acceptors (Lipinski definition) is 5. The van der Waals surface area contributed by atoms with Crippen LogP contribution in [0.1, 0.15) is 10.4 Å². The Balaban J connectivity index is 2.04. The number of esters is 1. The van der Waals surface area contributed by atoms with Crippen molar-refractivity contribution >= 4 is 34.7 Å². The van der Waals surface area contributed by atoms with Gasteiger partial charge >= 0.3 is 5.97 Å². The summed E-state index contributed by atoms with van der Waals surface area (Å²) in [6.07, 6.45) is 0. The van der Waals surface area contributed by atoms with E-state index in [2.05, 4.69) is 15.4 Å². The summed E-state index contributed by atoms with van der Waals surface area (Å²) in [5.41, 5.74) is 1.92. The Morgan fingerprint density at radius 3 is 2.25 bits per heavy atom. The van der Waals surface area contributed by atoms with Gasteiger partial charge in [-0.1, -0.05) is 0 Å². The molecule has 0 saturated carbocycles. The van der Waals surface area contributed by atoms with Crippen molar-refractivity contribution in [3.05, 3.63) is 48.0 Å². The van der Waals surface area contributed by atoms with Gasteiger partial charge in [-0.3, -0.25) is 0 Å². The van der Waals surface area contributed by atoms with Gasteiger partial charge in [-0.2, -0.15) is 0 Å². The zero-order chi connectivity index (χ0) is 17.5. The Hall–Kier alpha value is -2.80. The van der Waals surface area contributed by atoms with E-state index in [4.69, 9.17) is 21.7 Å². The van der Waals surface area contributed by atoms with Crippen molar-refractivity contribution in [3.8, 4) is 11.5 Å². The van der Waals surface area contributed by atoms with Crippen LogP contribution < -0.4 is 20.1 Å². The van der Waals surface area contributed by atoms with E-state index in [0.717, 1.165) is 5.69 Å². The summed E-state index contributed by atoms with van der Waals surface area (Å²) in [7, 11) is 4.50. The lowest BCUT2D eigenvalue weighted by atomic mass is 10.2. The highest BCUT2D eigenvalue weighted by Crippen LogP contribution is 2.29. The molecule has 0 aliphatic rings. The molecule has 0 radical (unpaired) electrons. The quantitative estimate of drug-likeness (QED) is 0.636. The fraction of sp³-hybridized carbons (Fsp3) is 0.176. The second-order valence-electron chi connectivity index (χ2n) is 4.71. The van der Waals surface area contributed by atoms with Crippen LogP contribution in [0.15, 0.2) is 42.5 Å². The lowest BCUT2D eigenvalue weighted by Gasteiger charge is -2.14. The van der Waals surface area contributed by atoms with E-state index in [9.17, 15) is 4.79 Å². The van der Waals surface area contributed by atoms with Crippen LogP contribution in [0.2, 0.25) is 0 Å². The number of benzene rings is 2. The fourth-order valence-corrected chi connectivity index (χ4v) is 2.22. The zero-order valence-corrected chi connectivity index (χ0v) is 14.4. The molecular weight excluding hydrogens is 328 g/mol. The predicted molar refractivity (Wildman–Crippen MR) is 97.2 cm³/mol. The standard InChI is InChI=1S/C17H18N2O4S/c1-21-13-8-9-14(15(10-13)22-2)19-17(24)18-12-6-4-11(5-7-12)16(20)23-3/h4-10H,1-3H3,(H2,18,19,24). The van der Waals surface area contributed by atoms with E-state index >= 15 is 0 Å². The number of carbonyl (C=O) groups excluding carboxylic acids is 1.